The highest BCUT2D eigenvalue weighted by molar-refractivity contribution is 5.79. The lowest BCUT2D eigenvalue weighted by molar-refractivity contribution is -0.137. The fourth-order valence-electron chi connectivity index (χ4n) is 1.09. The zero-order chi connectivity index (χ0) is 12.4. The van der Waals surface area contributed by atoms with Crippen molar-refractivity contribution in [1.82, 2.24) is 10.6 Å². The third-order valence-electron chi connectivity index (χ3n) is 1.84. The first kappa shape index (κ1) is 14.4. The van der Waals surface area contributed by atoms with Crippen LogP contribution in [0.25, 0.3) is 0 Å². The van der Waals surface area contributed by atoms with Crippen LogP contribution in [-0.4, -0.2) is 36.0 Å². The normalized spacial score (nSPS) is 9.56. The van der Waals surface area contributed by atoms with Gasteiger partial charge in [-0.1, -0.05) is 0 Å². The minimum Gasteiger partial charge on any atom is -0.481 e. The molecule has 0 spiro atoms. The second-order valence-electron chi connectivity index (χ2n) is 3.30. The number of nitrogens with one attached hydrogen (secondary N) is 2. The Labute approximate surface area is 94.4 Å². The Morgan fingerprint density at radius 2 is 1.62 bits per heavy atom. The van der Waals surface area contributed by atoms with E-state index < -0.39 is 5.97 Å². The Hall–Kier alpha value is -1.59. The Balaban J connectivity index is 3.43. The van der Waals surface area contributed by atoms with Crippen molar-refractivity contribution in [3.63, 3.8) is 0 Å². The lowest BCUT2D eigenvalue weighted by atomic mass is 10.2. The highest BCUT2D eigenvalue weighted by Crippen LogP contribution is 1.94. The van der Waals surface area contributed by atoms with Gasteiger partial charge in [0.15, 0.2) is 0 Å². The van der Waals surface area contributed by atoms with Crippen molar-refractivity contribution in [2.24, 2.45) is 0 Å². The van der Waals surface area contributed by atoms with Crippen LogP contribution in [0.4, 0.5) is 0 Å². The minimum absolute atomic E-state index is 0.0102. The first-order valence-corrected chi connectivity index (χ1v) is 5.31. The van der Waals surface area contributed by atoms with Crippen molar-refractivity contribution in [2.75, 3.05) is 13.1 Å². The van der Waals surface area contributed by atoms with Gasteiger partial charge in [-0.25, -0.2) is 0 Å². The van der Waals surface area contributed by atoms with E-state index in [1.165, 1.54) is 0 Å². The van der Waals surface area contributed by atoms with E-state index in [0.717, 1.165) is 0 Å². The molecule has 0 aromatic carbocycles. The molecule has 0 atom stereocenters. The molecule has 3 N–H and O–H groups in total. The third-order valence-corrected chi connectivity index (χ3v) is 1.84. The number of hydrogen-bond acceptors (Lipinski definition) is 3. The van der Waals surface area contributed by atoms with Gasteiger partial charge in [-0.05, 0) is 13.3 Å². The summed E-state index contributed by atoms with van der Waals surface area (Å²) in [5, 5.41) is 13.5. The molecule has 0 saturated carbocycles. The maximum Gasteiger partial charge on any atom is 0.303 e. The molecule has 0 heterocycles. The van der Waals surface area contributed by atoms with E-state index in [-0.39, 0.29) is 37.6 Å². The van der Waals surface area contributed by atoms with Crippen LogP contribution in [0.15, 0.2) is 0 Å². The van der Waals surface area contributed by atoms with E-state index in [1.807, 2.05) is 6.92 Å². The minimum atomic E-state index is -0.907. The van der Waals surface area contributed by atoms with Crippen molar-refractivity contribution in [1.29, 1.82) is 0 Å². The lowest BCUT2D eigenvalue weighted by Gasteiger charge is -2.04. The van der Waals surface area contributed by atoms with Crippen LogP contribution in [0, 0.1) is 0 Å². The topological polar surface area (TPSA) is 95.5 Å². The standard InChI is InChI=1S/C10H18N2O4/c1-2-11-9(14)6-7-12-8(13)4-3-5-10(15)16/h2-7H2,1H3,(H,11,14)(H,12,13)(H,15,16). The summed E-state index contributed by atoms with van der Waals surface area (Å²) in [5.41, 5.74) is 0. The largest absolute Gasteiger partial charge is 0.481 e. The van der Waals surface area contributed by atoms with E-state index in [9.17, 15) is 14.4 Å². The predicted octanol–water partition coefficient (Wildman–Crippen LogP) is -0.116. The molecule has 16 heavy (non-hydrogen) atoms. The number of carboxylic acids is 1. The smallest absolute Gasteiger partial charge is 0.303 e. The van der Waals surface area contributed by atoms with E-state index in [0.29, 0.717) is 13.0 Å². The second kappa shape index (κ2) is 8.70. The van der Waals surface area contributed by atoms with Crippen molar-refractivity contribution in [3.05, 3.63) is 0 Å². The van der Waals surface area contributed by atoms with Gasteiger partial charge in [0.25, 0.3) is 0 Å². The maximum absolute atomic E-state index is 11.1. The molecule has 0 fully saturated rings. The van der Waals surface area contributed by atoms with E-state index in [2.05, 4.69) is 10.6 Å². The third kappa shape index (κ3) is 8.98. The molecule has 0 saturated heterocycles. The van der Waals surface area contributed by atoms with Gasteiger partial charge in [0.05, 0.1) is 0 Å². The number of amides is 2. The second-order valence-corrected chi connectivity index (χ2v) is 3.30. The van der Waals surface area contributed by atoms with Crippen molar-refractivity contribution in [2.45, 2.75) is 32.6 Å². The summed E-state index contributed by atoms with van der Waals surface area (Å²) in [5.74, 6) is -1.23. The van der Waals surface area contributed by atoms with Gasteiger partial charge >= 0.3 is 5.97 Å². The summed E-state index contributed by atoms with van der Waals surface area (Å²) in [7, 11) is 0. The zero-order valence-corrected chi connectivity index (χ0v) is 9.41. The molecular weight excluding hydrogens is 212 g/mol. The molecular formula is C10H18N2O4. The molecule has 0 radical (unpaired) electrons. The Morgan fingerprint density at radius 3 is 2.19 bits per heavy atom. The molecule has 2 amide bonds. The van der Waals surface area contributed by atoms with Gasteiger partial charge in [0.1, 0.15) is 0 Å². The Morgan fingerprint density at radius 1 is 1.00 bits per heavy atom. The van der Waals surface area contributed by atoms with Crippen LogP contribution in [0.3, 0.4) is 0 Å². The summed E-state index contributed by atoms with van der Waals surface area (Å²) in [6.45, 7) is 2.69. The fraction of sp³-hybridized carbons (Fsp3) is 0.700. The van der Waals surface area contributed by atoms with Gasteiger partial charge in [-0.15, -0.1) is 0 Å². The van der Waals surface area contributed by atoms with Gasteiger partial charge in [0, 0.05) is 32.4 Å². The van der Waals surface area contributed by atoms with Gasteiger partial charge in [0.2, 0.25) is 11.8 Å². The van der Waals surface area contributed by atoms with Crippen molar-refractivity contribution >= 4 is 17.8 Å². The van der Waals surface area contributed by atoms with Gasteiger partial charge in [-0.3, -0.25) is 14.4 Å². The Bertz CT molecular complexity index is 253. The fourth-order valence-corrected chi connectivity index (χ4v) is 1.09. The number of carbonyl (C=O) groups excluding carboxylic acids is 2. The number of carboxylic acid groups (broad SMARTS) is 1. The summed E-state index contributed by atoms with van der Waals surface area (Å²) in [6, 6.07) is 0. The SMILES string of the molecule is CCNC(=O)CCNC(=O)CCCC(=O)O. The number of aliphatic carboxylic acids is 1. The molecule has 0 aliphatic carbocycles. The quantitative estimate of drug-likeness (QED) is 0.542. The van der Waals surface area contributed by atoms with Crippen LogP contribution in [0.5, 0.6) is 0 Å². The molecule has 6 nitrogen and oxygen atoms in total. The molecule has 92 valence electrons. The number of hydrogen-bond donors (Lipinski definition) is 3. The van der Waals surface area contributed by atoms with Crippen LogP contribution in [0.1, 0.15) is 32.6 Å². The van der Waals surface area contributed by atoms with Crippen LogP contribution in [-0.2, 0) is 14.4 Å². The zero-order valence-electron chi connectivity index (χ0n) is 9.41. The molecule has 0 aromatic heterocycles. The summed E-state index contributed by atoms with van der Waals surface area (Å²) in [6.07, 6.45) is 0.742. The molecule has 0 aromatic rings. The summed E-state index contributed by atoms with van der Waals surface area (Å²) >= 11 is 0. The number of carbonyl (C=O) groups is 3. The molecule has 0 aliphatic heterocycles. The number of rotatable bonds is 8. The molecule has 0 aliphatic rings. The van der Waals surface area contributed by atoms with Crippen molar-refractivity contribution < 1.29 is 19.5 Å². The highest BCUT2D eigenvalue weighted by Gasteiger charge is 2.04. The van der Waals surface area contributed by atoms with Crippen molar-refractivity contribution in [3.8, 4) is 0 Å². The van der Waals surface area contributed by atoms with E-state index in [4.69, 9.17) is 5.11 Å². The van der Waals surface area contributed by atoms with Crippen LogP contribution >= 0.6 is 0 Å². The predicted molar refractivity (Wildman–Crippen MR) is 57.8 cm³/mol. The molecule has 0 rings (SSSR count). The summed E-state index contributed by atoms with van der Waals surface area (Å²) in [4.78, 5) is 32.3. The van der Waals surface area contributed by atoms with Gasteiger partial charge in [-0.2, -0.15) is 0 Å². The monoisotopic (exact) mass is 230 g/mol. The van der Waals surface area contributed by atoms with Crippen LogP contribution in [0.2, 0.25) is 0 Å². The molecule has 6 heteroatoms. The van der Waals surface area contributed by atoms with E-state index >= 15 is 0 Å². The van der Waals surface area contributed by atoms with Gasteiger partial charge < -0.3 is 15.7 Å². The first-order chi connectivity index (χ1) is 7.56. The molecule has 0 unspecified atom stereocenters. The Kier molecular flexibility index (Phi) is 7.83. The maximum atomic E-state index is 11.1. The molecule has 0 bridgehead atoms. The summed E-state index contributed by atoms with van der Waals surface area (Å²) < 4.78 is 0. The average molecular weight is 230 g/mol. The van der Waals surface area contributed by atoms with Crippen LogP contribution < -0.4 is 10.6 Å². The average Bonchev–Trinajstić information content (AvgIpc) is 2.17. The highest BCUT2D eigenvalue weighted by atomic mass is 16.4. The van der Waals surface area contributed by atoms with E-state index in [1.54, 1.807) is 0 Å². The first-order valence-electron chi connectivity index (χ1n) is 5.31. The lowest BCUT2D eigenvalue weighted by Crippen LogP contribution is -2.30.